The van der Waals surface area contributed by atoms with Gasteiger partial charge in [0, 0.05) is 24.7 Å². The van der Waals surface area contributed by atoms with Crippen molar-refractivity contribution in [2.75, 3.05) is 26.2 Å². The van der Waals surface area contributed by atoms with Crippen LogP contribution in [0, 0.1) is 0 Å². The van der Waals surface area contributed by atoms with E-state index in [4.69, 9.17) is 5.10 Å². The van der Waals surface area contributed by atoms with Crippen molar-refractivity contribution in [3.8, 4) is 16.9 Å². The lowest BCUT2D eigenvalue weighted by molar-refractivity contribution is -0.121. The summed E-state index contributed by atoms with van der Waals surface area (Å²) >= 11 is 0. The molecule has 0 radical (unpaired) electrons. The Morgan fingerprint density at radius 2 is 1.65 bits per heavy atom. The molecule has 3 aromatic rings. The first-order valence-electron chi connectivity index (χ1n) is 11.5. The van der Waals surface area contributed by atoms with Crippen LogP contribution < -0.4 is 5.32 Å². The van der Waals surface area contributed by atoms with Crippen LogP contribution in [-0.2, 0) is 11.2 Å². The number of piperidine rings is 1. The standard InChI is InChI=1S/C26H32N4O/c31-25(27-17-10-20-29-18-8-3-9-19-29)16-15-23-21-30(24-13-6-2-7-14-24)28-26(23)22-11-4-1-5-12-22/h1-2,4-7,11-14,21H,3,8-10,15-20H2,(H,27,31). The Kier molecular flexibility index (Phi) is 7.51. The molecule has 1 N–H and O–H groups in total. The number of nitrogens with one attached hydrogen (secondary N) is 1. The molecular weight excluding hydrogens is 384 g/mol. The molecular formula is C26H32N4O. The Labute approximate surface area is 185 Å². The number of para-hydroxylation sites is 1. The fourth-order valence-electron chi connectivity index (χ4n) is 4.19. The van der Waals surface area contributed by atoms with Gasteiger partial charge in [0.1, 0.15) is 0 Å². The molecule has 1 aliphatic heterocycles. The summed E-state index contributed by atoms with van der Waals surface area (Å²) in [6.07, 6.45) is 8.21. The molecule has 1 aliphatic rings. The van der Waals surface area contributed by atoms with Crippen LogP contribution in [0.4, 0.5) is 0 Å². The quantitative estimate of drug-likeness (QED) is 0.524. The normalized spacial score (nSPS) is 14.5. The van der Waals surface area contributed by atoms with E-state index in [2.05, 4.69) is 28.5 Å². The summed E-state index contributed by atoms with van der Waals surface area (Å²) in [5.74, 6) is 0.116. The zero-order valence-corrected chi connectivity index (χ0v) is 18.2. The third kappa shape index (κ3) is 6.05. The van der Waals surface area contributed by atoms with E-state index in [0.717, 1.165) is 42.0 Å². The van der Waals surface area contributed by atoms with Crippen molar-refractivity contribution in [1.29, 1.82) is 0 Å². The van der Waals surface area contributed by atoms with E-state index >= 15 is 0 Å². The second-order valence-electron chi connectivity index (χ2n) is 8.25. The fourth-order valence-corrected chi connectivity index (χ4v) is 4.19. The van der Waals surface area contributed by atoms with Crippen LogP contribution in [0.2, 0.25) is 0 Å². The fraction of sp³-hybridized carbons (Fsp3) is 0.385. The highest BCUT2D eigenvalue weighted by molar-refractivity contribution is 5.76. The summed E-state index contributed by atoms with van der Waals surface area (Å²) in [7, 11) is 0. The van der Waals surface area contributed by atoms with E-state index < -0.39 is 0 Å². The lowest BCUT2D eigenvalue weighted by atomic mass is 10.0. The highest BCUT2D eigenvalue weighted by Gasteiger charge is 2.14. The van der Waals surface area contributed by atoms with Gasteiger partial charge in [-0.25, -0.2) is 4.68 Å². The van der Waals surface area contributed by atoms with Gasteiger partial charge in [-0.2, -0.15) is 5.10 Å². The lowest BCUT2D eigenvalue weighted by Crippen LogP contribution is -2.33. The van der Waals surface area contributed by atoms with E-state index in [0.29, 0.717) is 12.8 Å². The number of benzene rings is 2. The van der Waals surface area contributed by atoms with Gasteiger partial charge in [0.15, 0.2) is 0 Å². The maximum atomic E-state index is 12.4. The van der Waals surface area contributed by atoms with Crippen molar-refractivity contribution < 1.29 is 4.79 Å². The van der Waals surface area contributed by atoms with E-state index in [1.165, 1.54) is 32.4 Å². The number of hydrogen-bond donors (Lipinski definition) is 1. The minimum absolute atomic E-state index is 0.116. The smallest absolute Gasteiger partial charge is 0.220 e. The van der Waals surface area contributed by atoms with Crippen molar-refractivity contribution in [2.45, 2.75) is 38.5 Å². The van der Waals surface area contributed by atoms with Crippen molar-refractivity contribution >= 4 is 5.91 Å². The molecule has 5 heteroatoms. The lowest BCUT2D eigenvalue weighted by Gasteiger charge is -2.26. The molecule has 162 valence electrons. The third-order valence-electron chi connectivity index (χ3n) is 5.90. The summed E-state index contributed by atoms with van der Waals surface area (Å²) in [6, 6.07) is 20.3. The predicted molar refractivity (Wildman–Crippen MR) is 125 cm³/mol. The van der Waals surface area contributed by atoms with Gasteiger partial charge >= 0.3 is 0 Å². The summed E-state index contributed by atoms with van der Waals surface area (Å²) in [6.45, 7) is 4.26. The average molecular weight is 417 g/mol. The topological polar surface area (TPSA) is 50.2 Å². The molecule has 4 rings (SSSR count). The van der Waals surface area contributed by atoms with Gasteiger partial charge in [-0.05, 0) is 63.0 Å². The molecule has 0 spiro atoms. The molecule has 0 saturated carbocycles. The van der Waals surface area contributed by atoms with Crippen LogP contribution in [0.3, 0.4) is 0 Å². The monoisotopic (exact) mass is 416 g/mol. The highest BCUT2D eigenvalue weighted by Crippen LogP contribution is 2.24. The summed E-state index contributed by atoms with van der Waals surface area (Å²) in [4.78, 5) is 15.0. The molecule has 1 aromatic heterocycles. The summed E-state index contributed by atoms with van der Waals surface area (Å²) < 4.78 is 1.91. The van der Waals surface area contributed by atoms with Gasteiger partial charge in [0.25, 0.3) is 0 Å². The molecule has 0 unspecified atom stereocenters. The van der Waals surface area contributed by atoms with E-state index in [1.807, 2.05) is 53.2 Å². The Morgan fingerprint density at radius 3 is 2.39 bits per heavy atom. The number of carbonyl (C=O) groups excluding carboxylic acids is 1. The van der Waals surface area contributed by atoms with Crippen molar-refractivity contribution in [2.24, 2.45) is 0 Å². The first-order chi connectivity index (χ1) is 15.3. The number of carbonyl (C=O) groups is 1. The largest absolute Gasteiger partial charge is 0.356 e. The molecule has 1 amide bonds. The Morgan fingerprint density at radius 1 is 0.935 bits per heavy atom. The van der Waals surface area contributed by atoms with Crippen LogP contribution in [-0.4, -0.2) is 46.8 Å². The Hall–Kier alpha value is -2.92. The van der Waals surface area contributed by atoms with E-state index in [1.54, 1.807) is 0 Å². The van der Waals surface area contributed by atoms with Crippen molar-refractivity contribution in [3.05, 3.63) is 72.4 Å². The summed E-state index contributed by atoms with van der Waals surface area (Å²) in [5, 5.41) is 7.93. The van der Waals surface area contributed by atoms with Gasteiger partial charge in [-0.1, -0.05) is 55.0 Å². The number of hydrogen-bond acceptors (Lipinski definition) is 3. The third-order valence-corrected chi connectivity index (χ3v) is 5.90. The molecule has 1 saturated heterocycles. The first kappa shape index (κ1) is 21.3. The SMILES string of the molecule is O=C(CCc1cn(-c2ccccc2)nc1-c1ccccc1)NCCCN1CCCCC1. The zero-order valence-electron chi connectivity index (χ0n) is 18.2. The molecule has 31 heavy (non-hydrogen) atoms. The highest BCUT2D eigenvalue weighted by atomic mass is 16.1. The second-order valence-corrected chi connectivity index (χ2v) is 8.25. The summed E-state index contributed by atoms with van der Waals surface area (Å²) in [5.41, 5.74) is 4.14. The molecule has 2 heterocycles. The van der Waals surface area contributed by atoms with E-state index in [-0.39, 0.29) is 5.91 Å². The minimum Gasteiger partial charge on any atom is -0.356 e. The van der Waals surface area contributed by atoms with Crippen LogP contribution in [0.1, 0.15) is 37.7 Å². The first-order valence-corrected chi connectivity index (χ1v) is 11.5. The molecule has 1 fully saturated rings. The van der Waals surface area contributed by atoms with Crippen LogP contribution in [0.5, 0.6) is 0 Å². The van der Waals surface area contributed by atoms with Gasteiger partial charge < -0.3 is 10.2 Å². The van der Waals surface area contributed by atoms with Crippen LogP contribution in [0.25, 0.3) is 16.9 Å². The van der Waals surface area contributed by atoms with Gasteiger partial charge in [-0.15, -0.1) is 0 Å². The Bertz CT molecular complexity index is 946. The molecule has 5 nitrogen and oxygen atoms in total. The number of likely N-dealkylation sites (tertiary alicyclic amines) is 1. The minimum atomic E-state index is 0.116. The molecule has 0 bridgehead atoms. The maximum Gasteiger partial charge on any atom is 0.220 e. The molecule has 0 aliphatic carbocycles. The second kappa shape index (κ2) is 10.9. The van der Waals surface area contributed by atoms with Gasteiger partial charge in [0.2, 0.25) is 5.91 Å². The number of aromatic nitrogens is 2. The van der Waals surface area contributed by atoms with Crippen molar-refractivity contribution in [1.82, 2.24) is 20.0 Å². The zero-order chi connectivity index (χ0) is 21.3. The molecule has 0 atom stereocenters. The van der Waals surface area contributed by atoms with Crippen LogP contribution in [0.15, 0.2) is 66.9 Å². The average Bonchev–Trinajstić information content (AvgIpc) is 3.27. The Balaban J connectivity index is 1.34. The van der Waals surface area contributed by atoms with Gasteiger partial charge in [-0.3, -0.25) is 4.79 Å². The van der Waals surface area contributed by atoms with E-state index in [9.17, 15) is 4.79 Å². The number of rotatable bonds is 9. The molecule has 2 aromatic carbocycles. The predicted octanol–water partition coefficient (Wildman–Crippen LogP) is 4.46. The van der Waals surface area contributed by atoms with Crippen LogP contribution >= 0.6 is 0 Å². The number of nitrogens with zero attached hydrogens (tertiary/aromatic N) is 3. The van der Waals surface area contributed by atoms with Gasteiger partial charge in [0.05, 0.1) is 11.4 Å². The number of amides is 1. The maximum absolute atomic E-state index is 12.4. The number of aryl methyl sites for hydroxylation is 1. The van der Waals surface area contributed by atoms with Crippen molar-refractivity contribution in [3.63, 3.8) is 0 Å².